The molecule has 0 spiro atoms. The molecule has 0 aromatic heterocycles. The molecule has 0 saturated carbocycles. The Balaban J connectivity index is 1.73. The normalized spacial score (nSPS) is 14.1. The van der Waals surface area contributed by atoms with Gasteiger partial charge in [0, 0.05) is 31.4 Å². The van der Waals surface area contributed by atoms with Crippen LogP contribution in [0.15, 0.2) is 59.5 Å². The van der Waals surface area contributed by atoms with Crippen LogP contribution in [0.4, 0.5) is 5.69 Å². The van der Waals surface area contributed by atoms with Crippen molar-refractivity contribution in [1.82, 2.24) is 4.31 Å². The van der Waals surface area contributed by atoms with Crippen LogP contribution in [-0.4, -0.2) is 38.3 Å². The van der Waals surface area contributed by atoms with Crippen molar-refractivity contribution < 1.29 is 13.2 Å². The lowest BCUT2D eigenvalue weighted by Gasteiger charge is -2.18. The molecule has 0 unspecified atom stereocenters. The minimum Gasteiger partial charge on any atom is -0.308 e. The van der Waals surface area contributed by atoms with Crippen molar-refractivity contribution in [2.75, 3.05) is 24.5 Å². The molecule has 1 aliphatic rings. The lowest BCUT2D eigenvalue weighted by molar-refractivity contribution is -0.114. The van der Waals surface area contributed by atoms with Crippen LogP contribution in [0.1, 0.15) is 25.0 Å². The van der Waals surface area contributed by atoms with Gasteiger partial charge in [-0.3, -0.25) is 4.79 Å². The SMILES string of the molecule is CCN(CC)S(=O)(=O)c1ccc(/C=C/C(=O)N2CCc3ccccc32)cc1. The molecule has 1 amide bonds. The highest BCUT2D eigenvalue weighted by atomic mass is 32.2. The van der Waals surface area contributed by atoms with Gasteiger partial charge in [0.15, 0.2) is 0 Å². The molecule has 0 atom stereocenters. The van der Waals surface area contributed by atoms with E-state index in [0.717, 1.165) is 17.7 Å². The molecular weight excluding hydrogens is 360 g/mol. The zero-order valence-electron chi connectivity index (χ0n) is 15.6. The second-order valence-corrected chi connectivity index (χ2v) is 8.30. The Bertz CT molecular complexity index is 946. The fourth-order valence-corrected chi connectivity index (χ4v) is 4.75. The molecule has 142 valence electrons. The van der Waals surface area contributed by atoms with Gasteiger partial charge >= 0.3 is 0 Å². The van der Waals surface area contributed by atoms with Gasteiger partial charge in [-0.25, -0.2) is 8.42 Å². The average Bonchev–Trinajstić information content (AvgIpc) is 3.11. The predicted molar refractivity (Wildman–Crippen MR) is 108 cm³/mol. The number of rotatable bonds is 6. The van der Waals surface area contributed by atoms with Gasteiger partial charge in [0.25, 0.3) is 5.91 Å². The van der Waals surface area contributed by atoms with Gasteiger partial charge in [-0.05, 0) is 41.8 Å². The van der Waals surface area contributed by atoms with Gasteiger partial charge < -0.3 is 4.90 Å². The summed E-state index contributed by atoms with van der Waals surface area (Å²) in [5.41, 5.74) is 2.94. The monoisotopic (exact) mass is 384 g/mol. The van der Waals surface area contributed by atoms with E-state index in [9.17, 15) is 13.2 Å². The lowest BCUT2D eigenvalue weighted by Crippen LogP contribution is -2.30. The number of para-hydroxylation sites is 1. The van der Waals surface area contributed by atoms with Crippen LogP contribution in [0.3, 0.4) is 0 Å². The molecule has 0 fully saturated rings. The molecule has 1 heterocycles. The molecule has 0 aliphatic carbocycles. The predicted octanol–water partition coefficient (Wildman–Crippen LogP) is 3.32. The maximum Gasteiger partial charge on any atom is 0.251 e. The number of nitrogens with zero attached hydrogens (tertiary/aromatic N) is 2. The van der Waals surface area contributed by atoms with E-state index in [4.69, 9.17) is 0 Å². The Kier molecular flexibility index (Phi) is 5.77. The maximum absolute atomic E-state index is 12.5. The Hall–Kier alpha value is -2.44. The summed E-state index contributed by atoms with van der Waals surface area (Å²) in [6, 6.07) is 14.5. The van der Waals surface area contributed by atoms with E-state index in [1.54, 1.807) is 35.2 Å². The summed E-state index contributed by atoms with van der Waals surface area (Å²) in [5.74, 6) is -0.0696. The van der Waals surface area contributed by atoms with Crippen LogP contribution in [0.5, 0.6) is 0 Å². The van der Waals surface area contributed by atoms with Crippen LogP contribution in [-0.2, 0) is 21.2 Å². The Morgan fingerprint density at radius 2 is 1.74 bits per heavy atom. The third-order valence-electron chi connectivity index (χ3n) is 4.79. The molecule has 2 aromatic carbocycles. The van der Waals surface area contributed by atoms with Gasteiger partial charge in [-0.1, -0.05) is 44.2 Å². The van der Waals surface area contributed by atoms with Gasteiger partial charge in [0.2, 0.25) is 10.0 Å². The topological polar surface area (TPSA) is 57.7 Å². The fourth-order valence-electron chi connectivity index (χ4n) is 3.29. The largest absolute Gasteiger partial charge is 0.308 e. The molecule has 5 nitrogen and oxygen atoms in total. The first-order chi connectivity index (χ1) is 13.0. The van der Waals surface area contributed by atoms with Crippen molar-refractivity contribution in [3.05, 3.63) is 65.7 Å². The zero-order valence-corrected chi connectivity index (χ0v) is 16.4. The van der Waals surface area contributed by atoms with Gasteiger partial charge in [0.1, 0.15) is 0 Å². The first-order valence-electron chi connectivity index (χ1n) is 9.15. The van der Waals surface area contributed by atoms with Crippen molar-refractivity contribution in [2.45, 2.75) is 25.2 Å². The summed E-state index contributed by atoms with van der Waals surface area (Å²) in [5, 5.41) is 0. The van der Waals surface area contributed by atoms with Crippen molar-refractivity contribution in [1.29, 1.82) is 0 Å². The van der Waals surface area contributed by atoms with E-state index in [1.807, 2.05) is 38.1 Å². The first-order valence-corrected chi connectivity index (χ1v) is 10.6. The quantitative estimate of drug-likeness (QED) is 0.718. The number of carbonyl (C=O) groups is 1. The maximum atomic E-state index is 12.5. The van der Waals surface area contributed by atoms with E-state index in [2.05, 4.69) is 0 Å². The number of fused-ring (bicyclic) bond motifs is 1. The Morgan fingerprint density at radius 1 is 1.07 bits per heavy atom. The summed E-state index contributed by atoms with van der Waals surface area (Å²) < 4.78 is 26.4. The number of anilines is 1. The summed E-state index contributed by atoms with van der Waals surface area (Å²) in [6.07, 6.45) is 4.13. The van der Waals surface area contributed by atoms with Crippen LogP contribution >= 0.6 is 0 Å². The van der Waals surface area contributed by atoms with E-state index in [1.165, 1.54) is 15.9 Å². The van der Waals surface area contributed by atoms with Crippen LogP contribution in [0, 0.1) is 0 Å². The summed E-state index contributed by atoms with van der Waals surface area (Å²) in [6.45, 7) is 5.20. The van der Waals surface area contributed by atoms with E-state index < -0.39 is 10.0 Å². The minimum absolute atomic E-state index is 0.0696. The van der Waals surface area contributed by atoms with Crippen molar-refractivity contribution in [3.63, 3.8) is 0 Å². The standard InChI is InChI=1S/C21H24N2O3S/c1-3-22(4-2)27(25,26)19-12-9-17(10-13-19)11-14-21(24)23-16-15-18-7-5-6-8-20(18)23/h5-14H,3-4,15-16H2,1-2H3/b14-11+. The fraction of sp³-hybridized carbons (Fsp3) is 0.286. The highest BCUT2D eigenvalue weighted by Crippen LogP contribution is 2.27. The van der Waals surface area contributed by atoms with Crippen LogP contribution in [0.25, 0.3) is 6.08 Å². The third kappa shape index (κ3) is 3.96. The first kappa shape index (κ1) is 19.3. The van der Waals surface area contributed by atoms with Crippen LogP contribution < -0.4 is 4.90 Å². The molecule has 3 rings (SSSR count). The lowest BCUT2D eigenvalue weighted by atomic mass is 10.2. The van der Waals surface area contributed by atoms with E-state index >= 15 is 0 Å². The summed E-state index contributed by atoms with van der Waals surface area (Å²) in [7, 11) is -3.46. The van der Waals surface area contributed by atoms with Crippen molar-refractivity contribution >= 4 is 27.7 Å². The highest BCUT2D eigenvalue weighted by Gasteiger charge is 2.23. The number of benzene rings is 2. The van der Waals surface area contributed by atoms with E-state index in [-0.39, 0.29) is 10.8 Å². The zero-order chi connectivity index (χ0) is 19.4. The van der Waals surface area contributed by atoms with Gasteiger partial charge in [0.05, 0.1) is 4.90 Å². The number of carbonyl (C=O) groups excluding carboxylic acids is 1. The molecule has 6 heteroatoms. The summed E-state index contributed by atoms with van der Waals surface area (Å²) >= 11 is 0. The van der Waals surface area contributed by atoms with Gasteiger partial charge in [-0.15, -0.1) is 0 Å². The number of sulfonamides is 1. The molecule has 0 radical (unpaired) electrons. The molecule has 0 N–H and O–H groups in total. The average molecular weight is 385 g/mol. The van der Waals surface area contributed by atoms with Crippen molar-refractivity contribution in [3.8, 4) is 0 Å². The smallest absolute Gasteiger partial charge is 0.251 e. The molecule has 27 heavy (non-hydrogen) atoms. The molecule has 1 aliphatic heterocycles. The van der Waals surface area contributed by atoms with Crippen molar-refractivity contribution in [2.24, 2.45) is 0 Å². The Morgan fingerprint density at radius 3 is 2.41 bits per heavy atom. The number of hydrogen-bond acceptors (Lipinski definition) is 3. The Labute approximate surface area is 161 Å². The number of hydrogen-bond donors (Lipinski definition) is 0. The highest BCUT2D eigenvalue weighted by molar-refractivity contribution is 7.89. The van der Waals surface area contributed by atoms with E-state index in [0.29, 0.717) is 19.6 Å². The molecule has 0 saturated heterocycles. The minimum atomic E-state index is -3.46. The third-order valence-corrected chi connectivity index (χ3v) is 6.86. The molecular formula is C21H24N2O3S. The second-order valence-electron chi connectivity index (χ2n) is 6.36. The van der Waals surface area contributed by atoms with Gasteiger partial charge in [-0.2, -0.15) is 4.31 Å². The summed E-state index contributed by atoms with van der Waals surface area (Å²) in [4.78, 5) is 14.5. The second kappa shape index (κ2) is 8.06. The van der Waals surface area contributed by atoms with Crippen LogP contribution in [0.2, 0.25) is 0 Å². The molecule has 0 bridgehead atoms. The molecule has 2 aromatic rings. The number of amides is 1.